The molecule has 0 aliphatic rings. The van der Waals surface area contributed by atoms with Gasteiger partial charge in [-0.3, -0.25) is 0 Å². The number of hydrogen-bond acceptors (Lipinski definition) is 0. The van der Waals surface area contributed by atoms with Gasteiger partial charge in [0.15, 0.2) is 0 Å². The van der Waals surface area contributed by atoms with Crippen LogP contribution in [0.15, 0.2) is 30.3 Å². The van der Waals surface area contributed by atoms with Gasteiger partial charge in [-0.25, -0.2) is 0 Å². The van der Waals surface area contributed by atoms with Crippen LogP contribution in [0, 0.1) is 0 Å². The molecule has 0 atom stereocenters. The van der Waals surface area contributed by atoms with Gasteiger partial charge in [0.2, 0.25) is 0 Å². The van der Waals surface area contributed by atoms with Crippen molar-refractivity contribution in [1.29, 1.82) is 0 Å². The van der Waals surface area contributed by atoms with Crippen molar-refractivity contribution in [2.45, 2.75) is 0 Å². The molecule has 4 heteroatoms. The summed E-state index contributed by atoms with van der Waals surface area (Å²) in [4.78, 5) is 0. The Morgan fingerprint density at radius 3 is 1.90 bits per heavy atom. The summed E-state index contributed by atoms with van der Waals surface area (Å²) in [5.41, 5.74) is 0. The van der Waals surface area contributed by atoms with Crippen LogP contribution >= 0.6 is 44.0 Å². The predicted molar refractivity (Wildman–Crippen MR) is 57.6 cm³/mol. The third kappa shape index (κ3) is 2.41. The first kappa shape index (κ1) is 8.84. The molecule has 0 unspecified atom stereocenters. The fourth-order valence-corrected chi connectivity index (χ4v) is 3.03. The fourth-order valence-electron chi connectivity index (χ4n) is 0.627. The zero-order valence-corrected chi connectivity index (χ0v) is 9.69. The molecule has 0 saturated carbocycles. The van der Waals surface area contributed by atoms with Crippen LogP contribution in [0.4, 0.5) is 0 Å². The summed E-state index contributed by atoms with van der Waals surface area (Å²) in [6.07, 6.45) is 0. The highest BCUT2D eigenvalue weighted by molar-refractivity contribution is 14.1. The monoisotopic (exact) mass is 302 g/mol. The molecule has 0 spiro atoms. The van der Waals surface area contributed by atoms with Gasteiger partial charge >= 0.3 is 4.19 Å². The Bertz CT molecular complexity index is 207. The smallest absolute Gasteiger partial charge is 0.127 e. The average molecular weight is 303 g/mol. The maximum absolute atomic E-state index is 5.95. The average Bonchev–Trinajstić information content (AvgIpc) is 1.88. The lowest BCUT2D eigenvalue weighted by molar-refractivity contribution is 1.77. The third-order valence-electron chi connectivity index (χ3n) is 1.10. The summed E-state index contributed by atoms with van der Waals surface area (Å²) < 4.78 is -2.12. The van der Waals surface area contributed by atoms with E-state index in [-0.39, 0.29) is 0 Å². The van der Waals surface area contributed by atoms with Crippen molar-refractivity contribution in [2.75, 3.05) is 0 Å². The van der Waals surface area contributed by atoms with E-state index in [2.05, 4.69) is 21.8 Å². The van der Waals surface area contributed by atoms with E-state index in [0.29, 0.717) is 0 Å². The van der Waals surface area contributed by atoms with E-state index in [9.17, 15) is 0 Å². The van der Waals surface area contributed by atoms with Crippen LogP contribution in [-0.4, -0.2) is 4.19 Å². The quantitative estimate of drug-likeness (QED) is 0.425. The Hall–Kier alpha value is 0.747. The van der Waals surface area contributed by atoms with Crippen LogP contribution in [-0.2, 0) is 0 Å². The topological polar surface area (TPSA) is 0 Å². The van der Waals surface area contributed by atoms with Gasteiger partial charge in [0, 0.05) is 0 Å². The maximum Gasteiger partial charge on any atom is 0.342 e. The molecule has 0 N–H and O–H groups in total. The van der Waals surface area contributed by atoms with Crippen molar-refractivity contribution in [1.82, 2.24) is 0 Å². The molecule has 0 aromatic heterocycles. The lowest BCUT2D eigenvalue weighted by atomic mass is 10.4. The minimum absolute atomic E-state index is 1.05. The molecule has 0 nitrogen and oxygen atoms in total. The van der Waals surface area contributed by atoms with E-state index >= 15 is 0 Å². The van der Waals surface area contributed by atoms with Crippen LogP contribution in [0.3, 0.4) is 0 Å². The van der Waals surface area contributed by atoms with E-state index in [1.807, 2.05) is 30.3 Å². The number of benzene rings is 1. The normalized spacial score (nSPS) is 11.5. The molecule has 0 saturated heterocycles. The Balaban J connectivity index is 2.97. The van der Waals surface area contributed by atoms with Crippen LogP contribution in [0.25, 0.3) is 0 Å². The summed E-state index contributed by atoms with van der Waals surface area (Å²) in [6, 6.07) is 9.76. The lowest BCUT2D eigenvalue weighted by Gasteiger charge is -2.06. The Morgan fingerprint density at radius 2 is 1.60 bits per heavy atom. The van der Waals surface area contributed by atoms with Crippen molar-refractivity contribution in [3.05, 3.63) is 30.3 Å². The van der Waals surface area contributed by atoms with Crippen molar-refractivity contribution in [2.24, 2.45) is 0 Å². The minimum atomic E-state index is -2.12. The van der Waals surface area contributed by atoms with Crippen molar-refractivity contribution >= 4 is 53.3 Å². The van der Waals surface area contributed by atoms with Crippen LogP contribution in [0.5, 0.6) is 0 Å². The van der Waals surface area contributed by atoms with Gasteiger partial charge in [-0.2, -0.15) is 0 Å². The summed E-state index contributed by atoms with van der Waals surface area (Å²) in [7, 11) is 0. The fraction of sp³-hybridized carbons (Fsp3) is 0. The molecule has 0 radical (unpaired) electrons. The van der Waals surface area contributed by atoms with Crippen LogP contribution in [0.2, 0.25) is 0 Å². The highest BCUT2D eigenvalue weighted by Gasteiger charge is 2.25. The summed E-state index contributed by atoms with van der Waals surface area (Å²) in [6.45, 7) is 0. The second kappa shape index (κ2) is 3.43. The Labute approximate surface area is 83.2 Å². The second-order valence-electron chi connectivity index (χ2n) is 1.86. The van der Waals surface area contributed by atoms with E-state index in [1.54, 1.807) is 0 Å². The first-order valence-corrected chi connectivity index (χ1v) is 9.87. The maximum atomic E-state index is 5.95. The zero-order valence-electron chi connectivity index (χ0n) is 5.02. The number of hydrogen-bond donors (Lipinski definition) is 0. The lowest BCUT2D eigenvalue weighted by Crippen LogP contribution is -2.28. The molecule has 54 valence electrons. The van der Waals surface area contributed by atoms with Gasteiger partial charge in [-0.15, -0.1) is 22.2 Å². The van der Waals surface area contributed by atoms with E-state index in [4.69, 9.17) is 22.2 Å². The van der Waals surface area contributed by atoms with Gasteiger partial charge < -0.3 is 0 Å². The summed E-state index contributed by atoms with van der Waals surface area (Å²) in [5, 5.41) is 1.05. The second-order valence-corrected chi connectivity index (χ2v) is 16.1. The number of rotatable bonds is 1. The van der Waals surface area contributed by atoms with Gasteiger partial charge in [0.25, 0.3) is 0 Å². The summed E-state index contributed by atoms with van der Waals surface area (Å²) >= 11 is 14.0. The Kier molecular flexibility index (Phi) is 3.03. The van der Waals surface area contributed by atoms with Crippen LogP contribution < -0.4 is 5.19 Å². The van der Waals surface area contributed by atoms with Crippen LogP contribution in [0.1, 0.15) is 0 Å². The molecule has 0 amide bonds. The molecule has 0 fully saturated rings. The highest BCUT2D eigenvalue weighted by atomic mass is 127. The van der Waals surface area contributed by atoms with E-state index in [0.717, 1.165) is 5.19 Å². The molecule has 0 aliphatic heterocycles. The van der Waals surface area contributed by atoms with Crippen molar-refractivity contribution in [3.8, 4) is 0 Å². The molecule has 10 heavy (non-hydrogen) atoms. The predicted octanol–water partition coefficient (Wildman–Crippen LogP) is 2.75. The molecule has 1 rings (SSSR count). The van der Waals surface area contributed by atoms with Gasteiger partial charge in [-0.05, 0) is 5.19 Å². The minimum Gasteiger partial charge on any atom is -0.127 e. The number of halogens is 3. The summed E-state index contributed by atoms with van der Waals surface area (Å²) in [5.74, 6) is 0. The zero-order chi connectivity index (χ0) is 7.61. The molecule has 0 aliphatic carbocycles. The van der Waals surface area contributed by atoms with E-state index < -0.39 is 4.19 Å². The van der Waals surface area contributed by atoms with E-state index in [1.165, 1.54) is 0 Å². The molecular formula is C6H5Cl2ISi. The molecular weight excluding hydrogens is 298 g/mol. The molecule has 0 heterocycles. The standard InChI is InChI=1S/C6H5Cl2ISi/c7-10(8,9)6-4-2-1-3-5-6/h1-5H. The Morgan fingerprint density at radius 1 is 1.10 bits per heavy atom. The first-order valence-electron chi connectivity index (χ1n) is 2.73. The molecule has 1 aromatic carbocycles. The molecule has 1 aromatic rings. The van der Waals surface area contributed by atoms with Crippen molar-refractivity contribution in [3.63, 3.8) is 0 Å². The molecule has 0 bridgehead atoms. The van der Waals surface area contributed by atoms with Gasteiger partial charge in [0.1, 0.15) is 0 Å². The SMILES string of the molecule is Cl[Si](Cl)(I)c1ccccc1. The largest absolute Gasteiger partial charge is 0.342 e. The third-order valence-corrected chi connectivity index (χ3v) is 5.27. The van der Waals surface area contributed by atoms with Gasteiger partial charge in [0.05, 0.1) is 0 Å². The van der Waals surface area contributed by atoms with Crippen molar-refractivity contribution < 1.29 is 0 Å². The van der Waals surface area contributed by atoms with Gasteiger partial charge in [-0.1, -0.05) is 52.1 Å². The first-order chi connectivity index (χ1) is 4.61. The highest BCUT2D eigenvalue weighted by Crippen LogP contribution is 2.22.